The molecule has 0 aromatic heterocycles. The maximum atomic E-state index is 8.31. The Hall–Kier alpha value is -2.07. The molecular weight excluding hydrogens is 385 g/mol. The van der Waals surface area contributed by atoms with Gasteiger partial charge in [-0.25, -0.2) is 0 Å². The van der Waals surface area contributed by atoms with Crippen LogP contribution in [-0.4, -0.2) is 18.3 Å². The minimum atomic E-state index is 0.180. The van der Waals surface area contributed by atoms with Crippen molar-refractivity contribution in [1.29, 1.82) is 0 Å². The number of aliphatic hydroxyl groups excluding tert-OH is 1. The van der Waals surface area contributed by atoms with Gasteiger partial charge in [0.25, 0.3) is 0 Å². The normalized spacial score (nSPS) is 9.17. The van der Waals surface area contributed by atoms with E-state index in [0.29, 0.717) is 6.54 Å². The molecule has 0 saturated carbocycles. The molecule has 164 valence electrons. The number of aliphatic hydroxyl groups is 1. The maximum Gasteiger partial charge on any atom is 0.0603 e. The van der Waals surface area contributed by atoms with Crippen LogP contribution >= 0.6 is 9.24 Å². The van der Waals surface area contributed by atoms with E-state index in [4.69, 9.17) is 5.11 Å². The summed E-state index contributed by atoms with van der Waals surface area (Å²) in [5, 5.41) is 11.2. The van der Waals surface area contributed by atoms with Gasteiger partial charge in [-0.05, 0) is 67.1 Å². The highest BCUT2D eigenvalue weighted by Crippen LogP contribution is 2.24. The van der Waals surface area contributed by atoms with Gasteiger partial charge in [-0.1, -0.05) is 69.8 Å². The van der Waals surface area contributed by atoms with E-state index >= 15 is 0 Å². The third-order valence-corrected chi connectivity index (χ3v) is 5.03. The molecule has 0 saturated heterocycles. The average molecular weight is 426 g/mol. The predicted molar refractivity (Wildman–Crippen MR) is 138 cm³/mol. The predicted octanol–water partition coefficient (Wildman–Crippen LogP) is 6.38. The molecule has 0 radical (unpaired) electrons. The highest BCUT2D eigenvalue weighted by molar-refractivity contribution is 7.15. The first-order valence-corrected chi connectivity index (χ1v) is 11.6. The lowest BCUT2D eigenvalue weighted by Gasteiger charge is -2.08. The van der Waals surface area contributed by atoms with Gasteiger partial charge in [-0.15, -0.1) is 21.1 Å². The van der Waals surface area contributed by atoms with Gasteiger partial charge in [0.2, 0.25) is 0 Å². The minimum absolute atomic E-state index is 0.180. The Morgan fingerprint density at radius 2 is 1.47 bits per heavy atom. The van der Waals surface area contributed by atoms with E-state index in [1.165, 1.54) is 27.8 Å². The van der Waals surface area contributed by atoms with Crippen molar-refractivity contribution in [2.24, 2.45) is 0 Å². The maximum absolute atomic E-state index is 8.31. The zero-order valence-corrected chi connectivity index (χ0v) is 20.7. The van der Waals surface area contributed by atoms with Gasteiger partial charge in [-0.2, -0.15) is 0 Å². The van der Waals surface area contributed by atoms with Crippen molar-refractivity contribution in [3.05, 3.63) is 71.4 Å². The van der Waals surface area contributed by atoms with Crippen LogP contribution in [0.4, 0.5) is 0 Å². The lowest BCUT2D eigenvalue weighted by atomic mass is 9.98. The Balaban J connectivity index is 0.000000585. The third-order valence-electron chi connectivity index (χ3n) is 4.56. The molecule has 0 aliphatic rings. The second-order valence-electron chi connectivity index (χ2n) is 6.75. The lowest BCUT2D eigenvalue weighted by Crippen LogP contribution is -2.15. The summed E-state index contributed by atoms with van der Waals surface area (Å²) in [5.74, 6) is 5.36. The Morgan fingerprint density at radius 3 is 1.90 bits per heavy atom. The fourth-order valence-corrected chi connectivity index (χ4v) is 2.78. The monoisotopic (exact) mass is 425 g/mol. The van der Waals surface area contributed by atoms with E-state index in [0.717, 1.165) is 31.1 Å². The third kappa shape index (κ3) is 11.8. The van der Waals surface area contributed by atoms with Crippen LogP contribution in [0.3, 0.4) is 0 Å². The van der Waals surface area contributed by atoms with Gasteiger partial charge in [0.15, 0.2) is 0 Å². The van der Waals surface area contributed by atoms with Crippen LogP contribution in [-0.2, 0) is 19.0 Å². The van der Waals surface area contributed by atoms with Crippen molar-refractivity contribution in [2.45, 2.75) is 60.0 Å². The van der Waals surface area contributed by atoms with Gasteiger partial charge < -0.3 is 10.4 Å². The summed E-state index contributed by atoms with van der Waals surface area (Å²) in [6.45, 7) is 14.6. The second-order valence-corrected chi connectivity index (χ2v) is 7.16. The fraction of sp³-hybridized carbons (Fsp3) is 0.407. The van der Waals surface area contributed by atoms with Crippen LogP contribution in [0.2, 0.25) is 0 Å². The summed E-state index contributed by atoms with van der Waals surface area (Å²) in [5.41, 5.74) is 7.87. The molecule has 2 nitrogen and oxygen atoms in total. The second kappa shape index (κ2) is 17.8. The van der Waals surface area contributed by atoms with Crippen molar-refractivity contribution >= 4 is 9.24 Å². The van der Waals surface area contributed by atoms with Crippen molar-refractivity contribution < 1.29 is 5.11 Å². The number of benzene rings is 2. The van der Waals surface area contributed by atoms with E-state index < -0.39 is 0 Å². The van der Waals surface area contributed by atoms with Crippen molar-refractivity contribution in [2.75, 3.05) is 13.2 Å². The number of rotatable bonds is 8. The first kappa shape index (κ1) is 27.9. The molecule has 0 fully saturated rings. The Bertz CT molecular complexity index is 756. The standard InChI is InChI=1S/C17H21P.C6H13NO.C4H6/c1-3-13-5-7-16(8-6-13)17-10-14(4-2)9-15(11-17)12-18;1-3-6(2)7-4-5-8;1-3-4-2/h5-11H,3-4,12,18H2,1-2H3;7-8H,2-5H2,1H3;1-2H3. The van der Waals surface area contributed by atoms with Crippen molar-refractivity contribution in [3.8, 4) is 23.0 Å². The molecule has 0 aliphatic carbocycles. The quantitative estimate of drug-likeness (QED) is 0.380. The lowest BCUT2D eigenvalue weighted by molar-refractivity contribution is 0.296. The Labute approximate surface area is 187 Å². The van der Waals surface area contributed by atoms with Gasteiger partial charge in [0, 0.05) is 12.2 Å². The summed E-state index contributed by atoms with van der Waals surface area (Å²) < 4.78 is 0. The van der Waals surface area contributed by atoms with Crippen LogP contribution in [0.15, 0.2) is 54.7 Å². The van der Waals surface area contributed by atoms with Gasteiger partial charge in [0.05, 0.1) is 6.61 Å². The van der Waals surface area contributed by atoms with E-state index in [-0.39, 0.29) is 6.61 Å². The molecule has 2 aromatic rings. The highest BCUT2D eigenvalue weighted by Gasteiger charge is 2.02. The molecule has 0 aliphatic heterocycles. The number of hydrogen-bond donors (Lipinski definition) is 2. The van der Waals surface area contributed by atoms with E-state index in [1.54, 1.807) is 0 Å². The summed E-state index contributed by atoms with van der Waals surface area (Å²) in [4.78, 5) is 0. The number of aryl methyl sites for hydroxylation is 2. The molecule has 1 unspecified atom stereocenters. The van der Waals surface area contributed by atoms with Crippen LogP contribution in [0.1, 0.15) is 57.7 Å². The summed E-state index contributed by atoms with van der Waals surface area (Å²) in [7, 11) is 2.81. The molecule has 2 rings (SSSR count). The molecule has 0 bridgehead atoms. The van der Waals surface area contributed by atoms with Gasteiger partial charge in [0.1, 0.15) is 0 Å². The molecule has 0 heterocycles. The molecule has 0 amide bonds. The minimum Gasteiger partial charge on any atom is -0.395 e. The van der Waals surface area contributed by atoms with Crippen molar-refractivity contribution in [3.63, 3.8) is 0 Å². The molecular formula is C27H40NOP. The fourth-order valence-electron chi connectivity index (χ4n) is 2.54. The molecule has 3 heteroatoms. The highest BCUT2D eigenvalue weighted by atomic mass is 31.0. The van der Waals surface area contributed by atoms with E-state index in [1.807, 2.05) is 20.8 Å². The molecule has 2 N–H and O–H groups in total. The van der Waals surface area contributed by atoms with Crippen LogP contribution in [0, 0.1) is 11.8 Å². The molecule has 2 aromatic carbocycles. The van der Waals surface area contributed by atoms with Crippen LogP contribution in [0.25, 0.3) is 11.1 Å². The molecule has 0 spiro atoms. The van der Waals surface area contributed by atoms with E-state index in [2.05, 4.69) is 89.3 Å². The van der Waals surface area contributed by atoms with Crippen LogP contribution < -0.4 is 5.32 Å². The summed E-state index contributed by atoms with van der Waals surface area (Å²) >= 11 is 0. The van der Waals surface area contributed by atoms with Gasteiger partial charge in [-0.3, -0.25) is 0 Å². The Morgan fingerprint density at radius 1 is 0.900 bits per heavy atom. The average Bonchev–Trinajstić information content (AvgIpc) is 2.82. The first-order chi connectivity index (χ1) is 14.5. The topological polar surface area (TPSA) is 32.3 Å². The SMILES string of the molecule is C=C(CC)NCCO.CC#CC.CCc1ccc(-c2cc(CC)cc(CP)c2)cc1. The number of allylic oxidation sites excluding steroid dienone is 1. The number of nitrogens with one attached hydrogen (secondary N) is 1. The van der Waals surface area contributed by atoms with E-state index in [9.17, 15) is 0 Å². The van der Waals surface area contributed by atoms with Crippen LogP contribution in [0.5, 0.6) is 0 Å². The zero-order valence-electron chi connectivity index (χ0n) is 19.5. The van der Waals surface area contributed by atoms with Gasteiger partial charge >= 0.3 is 0 Å². The first-order valence-electron chi connectivity index (χ1n) is 10.8. The molecule has 1 atom stereocenters. The zero-order chi connectivity index (χ0) is 22.8. The summed E-state index contributed by atoms with van der Waals surface area (Å²) in [6, 6.07) is 15.8. The summed E-state index contributed by atoms with van der Waals surface area (Å²) in [6.07, 6.45) is 4.15. The van der Waals surface area contributed by atoms with Crippen molar-refractivity contribution in [1.82, 2.24) is 5.32 Å². The smallest absolute Gasteiger partial charge is 0.0603 e. The number of hydrogen-bond acceptors (Lipinski definition) is 2. The Kier molecular flexibility index (Phi) is 16.5. The largest absolute Gasteiger partial charge is 0.395 e. The molecule has 30 heavy (non-hydrogen) atoms.